The van der Waals surface area contributed by atoms with Crippen molar-refractivity contribution < 1.29 is 4.74 Å². The van der Waals surface area contributed by atoms with E-state index in [-0.39, 0.29) is 29.6 Å². The molecule has 3 aliphatic rings. The number of likely N-dealkylation sites (tertiary alicyclic amines) is 1. The van der Waals surface area contributed by atoms with E-state index in [1.807, 2.05) is 6.20 Å². The van der Waals surface area contributed by atoms with Crippen molar-refractivity contribution in [3.8, 4) is 5.75 Å². The van der Waals surface area contributed by atoms with Crippen LogP contribution in [0.15, 0.2) is 40.2 Å². The normalized spacial score (nSPS) is 19.9. The molecule has 0 aliphatic carbocycles. The summed E-state index contributed by atoms with van der Waals surface area (Å²) in [6.07, 6.45) is 6.27. The van der Waals surface area contributed by atoms with Crippen LogP contribution in [0.1, 0.15) is 30.1 Å². The summed E-state index contributed by atoms with van der Waals surface area (Å²) in [5, 5.41) is 3.65. The molecule has 0 spiro atoms. The van der Waals surface area contributed by atoms with Gasteiger partial charge in [0.2, 0.25) is 0 Å². The third-order valence-electron chi connectivity index (χ3n) is 6.94. The van der Waals surface area contributed by atoms with Gasteiger partial charge in [-0.15, -0.1) is 12.4 Å². The van der Waals surface area contributed by atoms with Crippen LogP contribution in [0.3, 0.4) is 0 Å². The number of pyridine rings is 2. The average molecular weight is 471 g/mol. The summed E-state index contributed by atoms with van der Waals surface area (Å²) in [7, 11) is 0. The molecule has 3 aromatic rings. The second-order valence-electron chi connectivity index (χ2n) is 8.95. The fraction of sp³-hybridized carbons (Fsp3) is 0.478. The molecule has 1 atom stereocenters. The van der Waals surface area contributed by atoms with Crippen molar-refractivity contribution in [2.45, 2.75) is 44.4 Å². The quantitative estimate of drug-likeness (QED) is 0.597. The van der Waals surface area contributed by atoms with E-state index in [9.17, 15) is 9.59 Å². The Kier molecular flexibility index (Phi) is 5.94. The predicted molar refractivity (Wildman–Crippen MR) is 126 cm³/mol. The van der Waals surface area contributed by atoms with Crippen LogP contribution in [0.25, 0.3) is 11.2 Å². The summed E-state index contributed by atoms with van der Waals surface area (Å²) in [4.78, 5) is 36.0. The molecule has 33 heavy (non-hydrogen) atoms. The van der Waals surface area contributed by atoms with Crippen LogP contribution in [0.5, 0.6) is 5.75 Å². The van der Waals surface area contributed by atoms with Crippen molar-refractivity contribution in [2.75, 3.05) is 26.2 Å². The second-order valence-corrected chi connectivity index (χ2v) is 8.95. The maximum Gasteiger partial charge on any atom is 0.270 e. The predicted octanol–water partition coefficient (Wildman–Crippen LogP) is 1.12. The molecule has 174 valence electrons. The molecule has 0 amide bonds. The fourth-order valence-corrected chi connectivity index (χ4v) is 5.26. The first-order chi connectivity index (χ1) is 15.7. The molecule has 0 bridgehead atoms. The standard InChI is InChI=1S/C23H26N6O3.ClH/c30-21-2-1-19-23-28(21)14-18(29(23)22(31)12-26-19)13-27-6-3-16(4-7-27)24-10-17-9-15-5-8-32-20(15)11-25-17;/h1-2,9,11-12,16,18,24H,3-8,10,13-14H2;1H/t18-;/m1./s1. The number of aromatic nitrogens is 4. The van der Waals surface area contributed by atoms with Crippen LogP contribution in [0.2, 0.25) is 0 Å². The van der Waals surface area contributed by atoms with E-state index in [1.165, 1.54) is 17.8 Å². The first kappa shape index (κ1) is 22.1. The van der Waals surface area contributed by atoms with Crippen molar-refractivity contribution in [3.63, 3.8) is 0 Å². The lowest BCUT2D eigenvalue weighted by atomic mass is 10.0. The number of halogens is 1. The number of hydrogen-bond donors (Lipinski definition) is 1. The van der Waals surface area contributed by atoms with E-state index in [0.717, 1.165) is 63.5 Å². The van der Waals surface area contributed by atoms with E-state index in [2.05, 4.69) is 26.3 Å². The van der Waals surface area contributed by atoms with Gasteiger partial charge in [-0.05, 0) is 38.1 Å². The van der Waals surface area contributed by atoms with Gasteiger partial charge in [0.25, 0.3) is 11.1 Å². The van der Waals surface area contributed by atoms with Gasteiger partial charge in [0.1, 0.15) is 16.9 Å². The van der Waals surface area contributed by atoms with Crippen molar-refractivity contribution in [2.24, 2.45) is 0 Å². The summed E-state index contributed by atoms with van der Waals surface area (Å²) < 4.78 is 8.99. The van der Waals surface area contributed by atoms with Crippen molar-refractivity contribution in [3.05, 3.63) is 62.6 Å². The maximum atomic E-state index is 12.5. The average Bonchev–Trinajstić information content (AvgIpc) is 3.43. The monoisotopic (exact) mass is 470 g/mol. The number of nitrogens with zero attached hydrogens (tertiary/aromatic N) is 5. The zero-order valence-corrected chi connectivity index (χ0v) is 19.1. The Bertz CT molecular complexity index is 1290. The molecule has 0 unspecified atom stereocenters. The lowest BCUT2D eigenvalue weighted by Crippen LogP contribution is -2.44. The third-order valence-corrected chi connectivity index (χ3v) is 6.94. The van der Waals surface area contributed by atoms with E-state index in [1.54, 1.807) is 15.2 Å². The van der Waals surface area contributed by atoms with Gasteiger partial charge in [-0.25, -0.2) is 4.98 Å². The molecule has 3 aromatic heterocycles. The summed E-state index contributed by atoms with van der Waals surface area (Å²) >= 11 is 0. The SMILES string of the molecule is Cl.O=c1ccc2ncc(=O)n3c2n1C[C@H]3CN1CCC(NCc2cc3c(cn2)OCC3)CC1. The molecule has 3 aliphatic heterocycles. The zero-order chi connectivity index (χ0) is 21.7. The lowest BCUT2D eigenvalue weighted by molar-refractivity contribution is 0.171. The summed E-state index contributed by atoms with van der Waals surface area (Å²) in [5.41, 5.74) is 3.45. The van der Waals surface area contributed by atoms with Crippen LogP contribution in [0, 0.1) is 0 Å². The molecular formula is C23H27ClN6O3. The first-order valence-electron chi connectivity index (χ1n) is 11.3. The van der Waals surface area contributed by atoms with Crippen LogP contribution in [0.4, 0.5) is 0 Å². The highest BCUT2D eigenvalue weighted by molar-refractivity contribution is 5.85. The van der Waals surface area contributed by atoms with Crippen molar-refractivity contribution in [1.82, 2.24) is 29.3 Å². The summed E-state index contributed by atoms with van der Waals surface area (Å²) in [6.45, 7) is 4.75. The number of hydrogen-bond acceptors (Lipinski definition) is 7. The van der Waals surface area contributed by atoms with Gasteiger partial charge in [-0.3, -0.25) is 23.7 Å². The molecule has 0 aromatic carbocycles. The van der Waals surface area contributed by atoms with Crippen molar-refractivity contribution in [1.29, 1.82) is 0 Å². The van der Waals surface area contributed by atoms with E-state index in [4.69, 9.17) is 4.74 Å². The highest BCUT2D eigenvalue weighted by Gasteiger charge is 2.29. The Morgan fingerprint density at radius 3 is 2.79 bits per heavy atom. The topological polar surface area (TPSA) is 94.3 Å². The van der Waals surface area contributed by atoms with Crippen LogP contribution < -0.4 is 21.2 Å². The molecule has 6 heterocycles. The Morgan fingerprint density at radius 1 is 1.09 bits per heavy atom. The van der Waals surface area contributed by atoms with Crippen LogP contribution in [-0.2, 0) is 19.5 Å². The largest absolute Gasteiger partial charge is 0.491 e. The van der Waals surface area contributed by atoms with Gasteiger partial charge >= 0.3 is 0 Å². The van der Waals surface area contributed by atoms with Gasteiger partial charge in [0.05, 0.1) is 30.7 Å². The second kappa shape index (κ2) is 8.89. The Morgan fingerprint density at radius 2 is 1.94 bits per heavy atom. The van der Waals surface area contributed by atoms with Crippen LogP contribution >= 0.6 is 12.4 Å². The van der Waals surface area contributed by atoms with E-state index >= 15 is 0 Å². The Hall–Kier alpha value is -2.75. The maximum absolute atomic E-state index is 12.5. The molecule has 1 saturated heterocycles. The molecule has 9 nitrogen and oxygen atoms in total. The van der Waals surface area contributed by atoms with Crippen LogP contribution in [-0.4, -0.2) is 56.3 Å². The minimum Gasteiger partial charge on any atom is -0.491 e. The first-order valence-corrected chi connectivity index (χ1v) is 11.3. The molecular weight excluding hydrogens is 444 g/mol. The molecule has 10 heteroatoms. The highest BCUT2D eigenvalue weighted by atomic mass is 35.5. The minimum absolute atomic E-state index is 0. The molecule has 1 fully saturated rings. The number of ether oxygens (including phenoxy) is 1. The number of piperidine rings is 1. The minimum atomic E-state index is -0.136. The Labute approximate surface area is 196 Å². The van der Waals surface area contributed by atoms with Gasteiger partial charge in [-0.2, -0.15) is 0 Å². The number of fused-ring (bicyclic) bond motifs is 1. The van der Waals surface area contributed by atoms with E-state index in [0.29, 0.717) is 23.8 Å². The highest BCUT2D eigenvalue weighted by Crippen LogP contribution is 2.25. The molecule has 0 radical (unpaired) electrons. The summed E-state index contributed by atoms with van der Waals surface area (Å²) in [6, 6.07) is 5.80. The van der Waals surface area contributed by atoms with E-state index < -0.39 is 0 Å². The molecule has 1 N–H and O–H groups in total. The van der Waals surface area contributed by atoms with Gasteiger partial charge < -0.3 is 15.0 Å². The number of rotatable bonds is 5. The smallest absolute Gasteiger partial charge is 0.270 e. The number of nitrogens with one attached hydrogen (secondary N) is 1. The Balaban J connectivity index is 0.00000228. The third kappa shape index (κ3) is 4.05. The lowest BCUT2D eigenvalue weighted by Gasteiger charge is -2.34. The fourth-order valence-electron chi connectivity index (χ4n) is 5.26. The molecule has 6 rings (SSSR count). The van der Waals surface area contributed by atoms with Gasteiger partial charge in [0.15, 0.2) is 0 Å². The molecule has 0 saturated carbocycles. The van der Waals surface area contributed by atoms with Crippen molar-refractivity contribution >= 4 is 23.6 Å². The van der Waals surface area contributed by atoms with Gasteiger partial charge in [0, 0.05) is 43.7 Å². The summed E-state index contributed by atoms with van der Waals surface area (Å²) in [5.74, 6) is 0.920. The van der Waals surface area contributed by atoms with Gasteiger partial charge in [-0.1, -0.05) is 0 Å². The zero-order valence-electron chi connectivity index (χ0n) is 18.3.